The van der Waals surface area contributed by atoms with E-state index in [9.17, 15) is 0 Å². The molecule has 0 unspecified atom stereocenters. The van der Waals surface area contributed by atoms with E-state index in [2.05, 4.69) is 37.9 Å². The van der Waals surface area contributed by atoms with Crippen LogP contribution in [0.25, 0.3) is 0 Å². The summed E-state index contributed by atoms with van der Waals surface area (Å²) in [6.07, 6.45) is 0. The maximum atomic E-state index is 3.77. The van der Waals surface area contributed by atoms with E-state index >= 15 is 0 Å². The molecule has 0 saturated carbocycles. The lowest BCUT2D eigenvalue weighted by molar-refractivity contribution is -0.394. The lowest BCUT2D eigenvalue weighted by atomic mass is 10.2. The van der Waals surface area contributed by atoms with Crippen LogP contribution in [0.2, 0.25) is 0 Å². The minimum atomic E-state index is 1.14. The van der Waals surface area contributed by atoms with Crippen molar-refractivity contribution in [3.8, 4) is 0 Å². The first-order chi connectivity index (χ1) is 4.70. The summed E-state index contributed by atoms with van der Waals surface area (Å²) in [7, 11) is 1.94. The van der Waals surface area contributed by atoms with E-state index in [0.29, 0.717) is 0 Å². The van der Waals surface area contributed by atoms with Crippen molar-refractivity contribution in [2.45, 2.75) is 6.92 Å². The van der Waals surface area contributed by atoms with Crippen molar-refractivity contribution < 1.29 is 4.58 Å². The summed E-state index contributed by atoms with van der Waals surface area (Å²) in [6.45, 7) is 5.85. The Labute approximate surface area is 61.6 Å². The number of aryl methyl sites for hydroxylation is 1. The van der Waals surface area contributed by atoms with Crippen LogP contribution in [-0.4, -0.2) is 18.3 Å². The molecule has 0 aliphatic heterocycles. The third-order valence-electron chi connectivity index (χ3n) is 1.47. The molecule has 52 valence electrons. The van der Waals surface area contributed by atoms with Crippen LogP contribution >= 0.6 is 0 Å². The fourth-order valence-corrected chi connectivity index (χ4v) is 0.799. The molecule has 10 heavy (non-hydrogen) atoms. The molecule has 1 aromatic rings. The Morgan fingerprint density at radius 2 is 1.70 bits per heavy atom. The third kappa shape index (κ3) is 1.44. The topological polar surface area (TPSA) is 3.01 Å². The first-order valence-corrected chi connectivity index (χ1v) is 3.31. The van der Waals surface area contributed by atoms with Gasteiger partial charge in [-0.2, -0.15) is 0 Å². The Morgan fingerprint density at radius 1 is 1.20 bits per heavy atom. The van der Waals surface area contributed by atoms with E-state index in [-0.39, 0.29) is 0 Å². The van der Waals surface area contributed by atoms with Crippen molar-refractivity contribution in [2.24, 2.45) is 0 Å². The van der Waals surface area contributed by atoms with Crippen molar-refractivity contribution in [3.05, 3.63) is 29.8 Å². The molecule has 0 heterocycles. The first-order valence-electron chi connectivity index (χ1n) is 3.31. The third-order valence-corrected chi connectivity index (χ3v) is 1.47. The van der Waals surface area contributed by atoms with Gasteiger partial charge in [0.15, 0.2) is 0 Å². The van der Waals surface area contributed by atoms with E-state index in [1.165, 1.54) is 5.56 Å². The quantitative estimate of drug-likeness (QED) is 0.408. The summed E-state index contributed by atoms with van der Waals surface area (Å²) in [4.78, 5) is 0. The molecule has 0 fully saturated rings. The molecule has 1 rings (SSSR count). The molecule has 0 aromatic heterocycles. The predicted octanol–water partition coefficient (Wildman–Crippen LogP) is 1.97. The zero-order chi connectivity index (χ0) is 7.56. The van der Waals surface area contributed by atoms with Crippen LogP contribution in [0.15, 0.2) is 24.3 Å². The summed E-state index contributed by atoms with van der Waals surface area (Å²) in [5.74, 6) is 0. The van der Waals surface area contributed by atoms with Gasteiger partial charge in [0.2, 0.25) is 5.69 Å². The van der Waals surface area contributed by atoms with Crippen LogP contribution < -0.4 is 0 Å². The van der Waals surface area contributed by atoms with Crippen molar-refractivity contribution in [2.75, 3.05) is 7.05 Å². The molecular formula is C9H12N+. The van der Waals surface area contributed by atoms with Gasteiger partial charge in [0, 0.05) is 12.1 Å². The molecule has 1 aromatic carbocycles. The Balaban J connectivity index is 3.00. The van der Waals surface area contributed by atoms with Crippen molar-refractivity contribution in [1.29, 1.82) is 0 Å². The zero-order valence-corrected chi connectivity index (χ0v) is 6.46. The van der Waals surface area contributed by atoms with E-state index in [0.717, 1.165) is 5.69 Å². The number of rotatable bonds is 1. The van der Waals surface area contributed by atoms with Gasteiger partial charge in [-0.1, -0.05) is 17.7 Å². The highest BCUT2D eigenvalue weighted by atomic mass is 14.9. The molecule has 0 saturated heterocycles. The fourth-order valence-electron chi connectivity index (χ4n) is 0.799. The van der Waals surface area contributed by atoms with Gasteiger partial charge in [-0.05, 0) is 6.92 Å². The van der Waals surface area contributed by atoms with E-state index in [4.69, 9.17) is 0 Å². The molecule has 0 amide bonds. The number of nitrogens with zero attached hydrogens (tertiary/aromatic N) is 1. The highest BCUT2D eigenvalue weighted by molar-refractivity contribution is 5.35. The van der Waals surface area contributed by atoms with E-state index < -0.39 is 0 Å². The van der Waals surface area contributed by atoms with Gasteiger partial charge in [0.1, 0.15) is 13.8 Å². The molecule has 0 atom stereocenters. The summed E-state index contributed by atoms with van der Waals surface area (Å²) in [5.41, 5.74) is 2.43. The minimum absolute atomic E-state index is 1.14. The van der Waals surface area contributed by atoms with Crippen LogP contribution in [0.4, 0.5) is 5.69 Å². The van der Waals surface area contributed by atoms with E-state index in [1.807, 2.05) is 11.6 Å². The van der Waals surface area contributed by atoms with Crippen molar-refractivity contribution >= 4 is 12.4 Å². The van der Waals surface area contributed by atoms with Gasteiger partial charge in [0.05, 0.1) is 0 Å². The molecule has 1 heteroatoms. The minimum Gasteiger partial charge on any atom is -0.208 e. The first kappa shape index (κ1) is 7.00. The normalized spacial score (nSPS) is 9.40. The summed E-state index contributed by atoms with van der Waals surface area (Å²) >= 11 is 0. The summed E-state index contributed by atoms with van der Waals surface area (Å²) in [6, 6.07) is 8.28. The molecule has 1 nitrogen and oxygen atoms in total. The molecule has 0 radical (unpaired) electrons. The van der Waals surface area contributed by atoms with Crippen LogP contribution in [0.5, 0.6) is 0 Å². The second kappa shape index (κ2) is 2.65. The average molecular weight is 134 g/mol. The average Bonchev–Trinajstić information content (AvgIpc) is 1.88. The lowest BCUT2D eigenvalue weighted by Gasteiger charge is -1.93. The maximum Gasteiger partial charge on any atom is 0.204 e. The second-order valence-corrected chi connectivity index (χ2v) is 2.53. The molecule has 0 aliphatic carbocycles. The molecule has 0 N–H and O–H groups in total. The summed E-state index contributed by atoms with van der Waals surface area (Å²) < 4.78 is 1.85. The molecule has 0 spiro atoms. The highest BCUT2D eigenvalue weighted by Gasteiger charge is 1.96. The SMILES string of the molecule is C=[N+](C)c1ccc(C)cc1. The van der Waals surface area contributed by atoms with Gasteiger partial charge in [-0.3, -0.25) is 0 Å². The summed E-state index contributed by atoms with van der Waals surface area (Å²) in [5, 5.41) is 0. The Bertz CT molecular complexity index is 233. The Hall–Kier alpha value is -1.11. The lowest BCUT2D eigenvalue weighted by Crippen LogP contribution is -1.91. The zero-order valence-electron chi connectivity index (χ0n) is 6.46. The number of benzene rings is 1. The van der Waals surface area contributed by atoms with Gasteiger partial charge in [-0.25, -0.2) is 4.58 Å². The van der Waals surface area contributed by atoms with Gasteiger partial charge in [-0.15, -0.1) is 0 Å². The molecule has 0 aliphatic rings. The fraction of sp³-hybridized carbons (Fsp3) is 0.222. The van der Waals surface area contributed by atoms with Crippen LogP contribution in [0.1, 0.15) is 5.56 Å². The van der Waals surface area contributed by atoms with Crippen LogP contribution in [0.3, 0.4) is 0 Å². The molecular weight excluding hydrogens is 122 g/mol. The second-order valence-electron chi connectivity index (χ2n) is 2.53. The largest absolute Gasteiger partial charge is 0.208 e. The van der Waals surface area contributed by atoms with Crippen LogP contribution in [-0.2, 0) is 0 Å². The Kier molecular flexibility index (Phi) is 1.86. The predicted molar refractivity (Wildman–Crippen MR) is 44.1 cm³/mol. The number of hydrogen-bond donors (Lipinski definition) is 0. The van der Waals surface area contributed by atoms with Gasteiger partial charge >= 0.3 is 0 Å². The monoisotopic (exact) mass is 134 g/mol. The number of hydrogen-bond acceptors (Lipinski definition) is 0. The van der Waals surface area contributed by atoms with Gasteiger partial charge in [0.25, 0.3) is 0 Å². The van der Waals surface area contributed by atoms with Crippen LogP contribution in [0, 0.1) is 6.92 Å². The smallest absolute Gasteiger partial charge is 0.204 e. The Morgan fingerprint density at radius 3 is 2.10 bits per heavy atom. The maximum absolute atomic E-state index is 3.77. The standard InChI is InChI=1S/C9H12N/c1-8-4-6-9(7-5-8)10(2)3/h4-7H,2H2,1,3H3/q+1. The molecule has 0 bridgehead atoms. The van der Waals surface area contributed by atoms with E-state index in [1.54, 1.807) is 0 Å². The highest BCUT2D eigenvalue weighted by Crippen LogP contribution is 2.09. The van der Waals surface area contributed by atoms with Crippen molar-refractivity contribution in [1.82, 2.24) is 0 Å². The van der Waals surface area contributed by atoms with Crippen molar-refractivity contribution in [3.63, 3.8) is 0 Å². The van der Waals surface area contributed by atoms with Gasteiger partial charge < -0.3 is 0 Å².